The molecule has 2 fully saturated rings. The van der Waals surface area contributed by atoms with Crippen molar-refractivity contribution in [1.29, 1.82) is 0 Å². The predicted octanol–water partition coefficient (Wildman–Crippen LogP) is 5.77. The van der Waals surface area contributed by atoms with Crippen LogP contribution in [0.3, 0.4) is 0 Å². The first-order valence-electron chi connectivity index (χ1n) is 14.4. The SMILES string of the molecule is COC(=O)c1cc(OC)c2nc(CN3CCC(c4cccnc4OCc4ccc(Cl)cc4F)CC3)n(C[C@@H]3CCO3)c2c1. The molecule has 2 aliphatic heterocycles. The molecule has 2 aromatic carbocycles. The number of methoxy groups -OCH3 is 2. The molecule has 0 amide bonds. The number of nitrogens with zero attached hydrogens (tertiary/aromatic N) is 4. The van der Waals surface area contributed by atoms with Crippen LogP contribution in [0.15, 0.2) is 48.7 Å². The summed E-state index contributed by atoms with van der Waals surface area (Å²) >= 11 is 5.89. The minimum absolute atomic E-state index is 0.0773. The maximum Gasteiger partial charge on any atom is 0.338 e. The second-order valence-corrected chi connectivity index (χ2v) is 11.4. The molecule has 226 valence electrons. The van der Waals surface area contributed by atoms with Gasteiger partial charge >= 0.3 is 5.97 Å². The van der Waals surface area contributed by atoms with E-state index in [1.54, 1.807) is 31.5 Å². The summed E-state index contributed by atoms with van der Waals surface area (Å²) < 4.78 is 38.8. The molecule has 11 heteroatoms. The number of pyridine rings is 1. The van der Waals surface area contributed by atoms with E-state index >= 15 is 0 Å². The number of imidazole rings is 1. The van der Waals surface area contributed by atoms with Crippen LogP contribution in [-0.4, -0.2) is 65.4 Å². The Kier molecular flexibility index (Phi) is 8.78. The van der Waals surface area contributed by atoms with Crippen LogP contribution >= 0.6 is 11.6 Å². The summed E-state index contributed by atoms with van der Waals surface area (Å²) in [6.07, 6.45) is 4.62. The van der Waals surface area contributed by atoms with Crippen molar-refractivity contribution in [2.75, 3.05) is 33.9 Å². The van der Waals surface area contributed by atoms with Crippen LogP contribution in [0.25, 0.3) is 11.0 Å². The predicted molar refractivity (Wildman–Crippen MR) is 159 cm³/mol. The summed E-state index contributed by atoms with van der Waals surface area (Å²) in [5.74, 6) is 1.42. The minimum atomic E-state index is -0.423. The van der Waals surface area contributed by atoms with Gasteiger partial charge in [0.1, 0.15) is 29.5 Å². The first kappa shape index (κ1) is 29.3. The van der Waals surface area contributed by atoms with E-state index < -0.39 is 11.8 Å². The maximum absolute atomic E-state index is 14.3. The molecule has 0 bridgehead atoms. The van der Waals surface area contributed by atoms with Gasteiger partial charge < -0.3 is 23.5 Å². The number of rotatable bonds is 10. The van der Waals surface area contributed by atoms with Gasteiger partial charge in [-0.05, 0) is 68.6 Å². The molecule has 2 aromatic heterocycles. The van der Waals surface area contributed by atoms with Crippen LogP contribution in [0.4, 0.5) is 4.39 Å². The third-order valence-electron chi connectivity index (χ3n) is 8.29. The summed E-state index contributed by atoms with van der Waals surface area (Å²) in [5.41, 5.74) is 3.43. The van der Waals surface area contributed by atoms with Crippen molar-refractivity contribution in [1.82, 2.24) is 19.4 Å². The molecule has 0 saturated carbocycles. The minimum Gasteiger partial charge on any atom is -0.494 e. The quantitative estimate of drug-likeness (QED) is 0.210. The fourth-order valence-electron chi connectivity index (χ4n) is 5.81. The summed E-state index contributed by atoms with van der Waals surface area (Å²) in [5, 5.41) is 0.351. The Morgan fingerprint density at radius 3 is 2.65 bits per heavy atom. The van der Waals surface area contributed by atoms with E-state index in [1.165, 1.54) is 13.2 Å². The lowest BCUT2D eigenvalue weighted by Gasteiger charge is -2.33. The first-order chi connectivity index (χ1) is 20.9. The average molecular weight is 609 g/mol. The lowest BCUT2D eigenvalue weighted by molar-refractivity contribution is -0.0592. The zero-order valence-electron chi connectivity index (χ0n) is 24.2. The number of halogens is 2. The third-order valence-corrected chi connectivity index (χ3v) is 8.53. The van der Waals surface area contributed by atoms with Crippen LogP contribution in [0, 0.1) is 5.82 Å². The van der Waals surface area contributed by atoms with Gasteiger partial charge in [-0.3, -0.25) is 4.90 Å². The molecule has 2 saturated heterocycles. The molecule has 0 aliphatic carbocycles. The van der Waals surface area contributed by atoms with Gasteiger partial charge in [0.25, 0.3) is 0 Å². The molecule has 9 nitrogen and oxygen atoms in total. The number of hydrogen-bond donors (Lipinski definition) is 0. The van der Waals surface area contributed by atoms with Gasteiger partial charge in [-0.1, -0.05) is 23.7 Å². The number of piperidine rings is 1. The molecule has 1 atom stereocenters. The van der Waals surface area contributed by atoms with E-state index in [2.05, 4.69) is 14.5 Å². The van der Waals surface area contributed by atoms with Crippen LogP contribution in [0.1, 0.15) is 52.5 Å². The number of ether oxygens (including phenoxy) is 4. The zero-order chi connectivity index (χ0) is 29.9. The van der Waals surface area contributed by atoms with Gasteiger partial charge in [0, 0.05) is 29.0 Å². The van der Waals surface area contributed by atoms with Crippen molar-refractivity contribution in [2.24, 2.45) is 0 Å². The molecule has 0 unspecified atom stereocenters. The number of benzene rings is 2. The second-order valence-electron chi connectivity index (χ2n) is 10.9. The first-order valence-corrected chi connectivity index (χ1v) is 14.8. The normalized spacial score (nSPS) is 17.5. The Morgan fingerprint density at radius 2 is 1.95 bits per heavy atom. The Hall–Kier alpha value is -3.73. The van der Waals surface area contributed by atoms with Crippen molar-refractivity contribution < 1.29 is 28.1 Å². The molecule has 4 heterocycles. The zero-order valence-corrected chi connectivity index (χ0v) is 25.0. The number of carbonyl (C=O) groups excluding carboxylic acids is 1. The van der Waals surface area contributed by atoms with Crippen LogP contribution in [0.2, 0.25) is 5.02 Å². The van der Waals surface area contributed by atoms with Crippen LogP contribution in [0.5, 0.6) is 11.6 Å². The number of fused-ring (bicyclic) bond motifs is 1. The highest BCUT2D eigenvalue weighted by molar-refractivity contribution is 6.30. The lowest BCUT2D eigenvalue weighted by atomic mass is 9.90. The van der Waals surface area contributed by atoms with Crippen molar-refractivity contribution in [3.05, 3.63) is 82.0 Å². The van der Waals surface area contributed by atoms with E-state index in [-0.39, 0.29) is 18.6 Å². The molecule has 6 rings (SSSR count). The van der Waals surface area contributed by atoms with Crippen molar-refractivity contribution >= 4 is 28.6 Å². The van der Waals surface area contributed by atoms with E-state index in [9.17, 15) is 9.18 Å². The lowest BCUT2D eigenvalue weighted by Crippen LogP contribution is -2.35. The van der Waals surface area contributed by atoms with E-state index in [0.717, 1.165) is 55.9 Å². The summed E-state index contributed by atoms with van der Waals surface area (Å²) in [4.78, 5) is 24.2. The summed E-state index contributed by atoms with van der Waals surface area (Å²) in [7, 11) is 2.95. The Labute approximate surface area is 254 Å². The number of esters is 1. The molecular weight excluding hydrogens is 575 g/mol. The van der Waals surface area contributed by atoms with Crippen LogP contribution in [-0.2, 0) is 29.2 Å². The highest BCUT2D eigenvalue weighted by atomic mass is 35.5. The standard InChI is InChI=1S/C32H34ClFN4O5/c1-40-28-15-22(32(39)41-2)14-27-30(28)36-29(38(27)17-24-9-13-42-24)18-37-11-7-20(8-12-37)25-4-3-10-35-31(25)43-19-21-5-6-23(33)16-26(21)34/h3-6,10,14-16,20,24H,7-9,11-13,17-19H2,1-2H3/t24-/m0/s1. The van der Waals surface area contributed by atoms with Gasteiger partial charge in [-0.15, -0.1) is 0 Å². The smallest absolute Gasteiger partial charge is 0.338 e. The molecule has 43 heavy (non-hydrogen) atoms. The monoisotopic (exact) mass is 608 g/mol. The molecule has 0 spiro atoms. The van der Waals surface area contributed by atoms with E-state index in [1.807, 2.05) is 18.2 Å². The summed E-state index contributed by atoms with van der Waals surface area (Å²) in [6.45, 7) is 3.86. The van der Waals surface area contributed by atoms with E-state index in [4.69, 9.17) is 35.5 Å². The van der Waals surface area contributed by atoms with Gasteiger partial charge in [0.05, 0.1) is 44.5 Å². The number of carbonyl (C=O) groups is 1. The molecule has 2 aliphatic rings. The third kappa shape index (κ3) is 6.32. The van der Waals surface area contributed by atoms with E-state index in [0.29, 0.717) is 46.4 Å². The van der Waals surface area contributed by atoms with Crippen LogP contribution < -0.4 is 9.47 Å². The van der Waals surface area contributed by atoms with Gasteiger partial charge in [-0.25, -0.2) is 19.2 Å². The highest BCUT2D eigenvalue weighted by Crippen LogP contribution is 2.35. The number of hydrogen-bond acceptors (Lipinski definition) is 8. The fourth-order valence-corrected chi connectivity index (χ4v) is 5.97. The Balaban J connectivity index is 1.18. The Bertz CT molecular complexity index is 1620. The van der Waals surface area contributed by atoms with Gasteiger partial charge in [0.15, 0.2) is 0 Å². The van der Waals surface area contributed by atoms with Gasteiger partial charge in [0.2, 0.25) is 5.88 Å². The summed E-state index contributed by atoms with van der Waals surface area (Å²) in [6, 6.07) is 12.0. The molecule has 0 radical (unpaired) electrons. The second kappa shape index (κ2) is 12.9. The maximum atomic E-state index is 14.3. The topological polar surface area (TPSA) is 87.9 Å². The number of aromatic nitrogens is 3. The Morgan fingerprint density at radius 1 is 1.14 bits per heavy atom. The van der Waals surface area contributed by atoms with Crippen molar-refractivity contribution in [2.45, 2.75) is 51.0 Å². The highest BCUT2D eigenvalue weighted by Gasteiger charge is 2.28. The average Bonchev–Trinajstić information content (AvgIpc) is 3.34. The van der Waals surface area contributed by atoms with Crippen molar-refractivity contribution in [3.8, 4) is 11.6 Å². The van der Waals surface area contributed by atoms with Crippen molar-refractivity contribution in [3.63, 3.8) is 0 Å². The largest absolute Gasteiger partial charge is 0.494 e. The number of likely N-dealkylation sites (tertiary alicyclic amines) is 1. The van der Waals surface area contributed by atoms with Gasteiger partial charge in [-0.2, -0.15) is 0 Å². The molecular formula is C32H34ClFN4O5. The fraction of sp³-hybridized carbons (Fsp3) is 0.406. The molecule has 4 aromatic rings. The molecule has 0 N–H and O–H groups in total.